The highest BCUT2D eigenvalue weighted by Crippen LogP contribution is 2.05. The highest BCUT2D eigenvalue weighted by atomic mass is 14.5. The van der Waals surface area contributed by atoms with Crippen molar-refractivity contribution in [1.82, 2.24) is 0 Å². The minimum Gasteiger partial charge on any atom is -0.330 e. The van der Waals surface area contributed by atoms with Crippen molar-refractivity contribution in [3.8, 4) is 0 Å². The minimum absolute atomic E-state index is 0.869. The van der Waals surface area contributed by atoms with E-state index < -0.39 is 0 Å². The van der Waals surface area contributed by atoms with Gasteiger partial charge in [-0.25, -0.2) is 0 Å². The van der Waals surface area contributed by atoms with Gasteiger partial charge < -0.3 is 5.73 Å². The summed E-state index contributed by atoms with van der Waals surface area (Å²) in [5, 5.41) is 0. The molecule has 2 N–H and O–H groups in total. The summed E-state index contributed by atoms with van der Waals surface area (Å²) in [7, 11) is 0. The topological polar surface area (TPSA) is 26.0 Å². The lowest BCUT2D eigenvalue weighted by Crippen LogP contribution is -1.97. The summed E-state index contributed by atoms with van der Waals surface area (Å²) in [4.78, 5) is 0. The largest absolute Gasteiger partial charge is 0.330 e. The molecule has 0 aliphatic heterocycles. The lowest BCUT2D eigenvalue weighted by molar-refractivity contribution is 0.593. The average molecular weight is 258 g/mol. The SMILES string of the molecule is CCCCCCCC.CCCCCCCCCN. The molecule has 0 unspecified atom stereocenters. The van der Waals surface area contributed by atoms with E-state index in [0.29, 0.717) is 0 Å². The molecule has 0 bridgehead atoms. The van der Waals surface area contributed by atoms with Gasteiger partial charge in [-0.3, -0.25) is 0 Å². The molecule has 0 saturated heterocycles. The van der Waals surface area contributed by atoms with Gasteiger partial charge in [-0.2, -0.15) is 0 Å². The Hall–Kier alpha value is -0.0400. The molecule has 0 spiro atoms. The predicted octanol–water partition coefficient (Wildman–Crippen LogP) is 6.06. The standard InChI is InChI=1S/C9H21N.C8H18/c1-2-3-4-5-6-7-8-9-10;1-3-5-7-8-6-4-2/h2-10H2,1H3;3-8H2,1-2H3. The Balaban J connectivity index is 0. The molecule has 0 aromatic rings. The third-order valence-electron chi connectivity index (χ3n) is 3.26. The molecule has 0 aliphatic rings. The van der Waals surface area contributed by atoms with Gasteiger partial charge in [0.05, 0.1) is 0 Å². The van der Waals surface area contributed by atoms with Gasteiger partial charge in [-0.15, -0.1) is 0 Å². The molecule has 0 aromatic carbocycles. The molecule has 0 radical (unpaired) electrons. The second-order valence-electron chi connectivity index (χ2n) is 5.32. The predicted molar refractivity (Wildman–Crippen MR) is 86.1 cm³/mol. The van der Waals surface area contributed by atoms with Gasteiger partial charge in [-0.05, 0) is 13.0 Å². The van der Waals surface area contributed by atoms with Crippen LogP contribution in [0.4, 0.5) is 0 Å². The third-order valence-corrected chi connectivity index (χ3v) is 3.26. The highest BCUT2D eigenvalue weighted by molar-refractivity contribution is 4.44. The summed E-state index contributed by atoms with van der Waals surface area (Å²) in [6.07, 6.45) is 18.0. The molecular weight excluding hydrogens is 218 g/mol. The maximum Gasteiger partial charge on any atom is -0.00773 e. The monoisotopic (exact) mass is 257 g/mol. The second kappa shape index (κ2) is 22.2. The van der Waals surface area contributed by atoms with E-state index in [1.807, 2.05) is 0 Å². The first-order valence-corrected chi connectivity index (χ1v) is 8.53. The summed E-state index contributed by atoms with van der Waals surface area (Å²) in [6.45, 7) is 7.63. The van der Waals surface area contributed by atoms with Crippen molar-refractivity contribution in [2.75, 3.05) is 6.54 Å². The van der Waals surface area contributed by atoms with Gasteiger partial charge in [0.2, 0.25) is 0 Å². The summed E-state index contributed by atoms with van der Waals surface area (Å²) in [5.74, 6) is 0. The van der Waals surface area contributed by atoms with Gasteiger partial charge >= 0.3 is 0 Å². The Labute approximate surface area is 117 Å². The minimum atomic E-state index is 0.869. The van der Waals surface area contributed by atoms with Crippen molar-refractivity contribution >= 4 is 0 Å². The van der Waals surface area contributed by atoms with E-state index in [2.05, 4.69) is 20.8 Å². The Bertz CT molecular complexity index is 98.2. The van der Waals surface area contributed by atoms with Crippen LogP contribution in [-0.2, 0) is 0 Å². The molecule has 18 heavy (non-hydrogen) atoms. The quantitative estimate of drug-likeness (QED) is 0.422. The Morgan fingerprint density at radius 3 is 1.00 bits per heavy atom. The fraction of sp³-hybridized carbons (Fsp3) is 1.00. The molecule has 0 saturated carbocycles. The first-order valence-electron chi connectivity index (χ1n) is 8.53. The fourth-order valence-electron chi connectivity index (χ4n) is 1.95. The molecular formula is C17H39N. The smallest absolute Gasteiger partial charge is 0.00773 e. The third kappa shape index (κ3) is 25.0. The van der Waals surface area contributed by atoms with Crippen LogP contribution in [0.2, 0.25) is 0 Å². The molecule has 0 atom stereocenters. The van der Waals surface area contributed by atoms with Crippen LogP contribution in [0.5, 0.6) is 0 Å². The highest BCUT2D eigenvalue weighted by Gasteiger charge is 1.87. The van der Waals surface area contributed by atoms with E-state index in [1.54, 1.807) is 0 Å². The van der Waals surface area contributed by atoms with Crippen LogP contribution >= 0.6 is 0 Å². The number of unbranched alkanes of at least 4 members (excludes halogenated alkanes) is 11. The number of hydrogen-bond acceptors (Lipinski definition) is 1. The molecule has 0 aromatic heterocycles. The van der Waals surface area contributed by atoms with Crippen molar-refractivity contribution in [1.29, 1.82) is 0 Å². The Morgan fingerprint density at radius 1 is 0.444 bits per heavy atom. The van der Waals surface area contributed by atoms with Gasteiger partial charge in [-0.1, -0.05) is 97.8 Å². The number of hydrogen-bond donors (Lipinski definition) is 1. The number of nitrogens with two attached hydrogens (primary N) is 1. The van der Waals surface area contributed by atoms with Crippen LogP contribution < -0.4 is 5.73 Å². The van der Waals surface area contributed by atoms with E-state index in [4.69, 9.17) is 5.73 Å². The van der Waals surface area contributed by atoms with Crippen LogP contribution in [0.15, 0.2) is 0 Å². The van der Waals surface area contributed by atoms with Gasteiger partial charge in [0.25, 0.3) is 0 Å². The molecule has 1 heteroatoms. The Kier molecular flexibility index (Phi) is 25.0. The molecule has 0 aliphatic carbocycles. The van der Waals surface area contributed by atoms with E-state index in [9.17, 15) is 0 Å². The van der Waals surface area contributed by atoms with Crippen LogP contribution in [-0.4, -0.2) is 6.54 Å². The zero-order valence-corrected chi connectivity index (χ0v) is 13.5. The van der Waals surface area contributed by atoms with E-state index in [1.165, 1.54) is 83.5 Å². The molecule has 0 rings (SSSR count). The van der Waals surface area contributed by atoms with E-state index in [0.717, 1.165) is 6.54 Å². The zero-order valence-electron chi connectivity index (χ0n) is 13.5. The van der Waals surface area contributed by atoms with Crippen LogP contribution in [0.3, 0.4) is 0 Å². The maximum absolute atomic E-state index is 5.37. The summed E-state index contributed by atoms with van der Waals surface area (Å²) >= 11 is 0. The lowest BCUT2D eigenvalue weighted by atomic mass is 10.1. The molecule has 0 amide bonds. The molecule has 1 nitrogen and oxygen atoms in total. The maximum atomic E-state index is 5.37. The molecule has 0 heterocycles. The lowest BCUT2D eigenvalue weighted by Gasteiger charge is -1.97. The van der Waals surface area contributed by atoms with Gasteiger partial charge in [0.15, 0.2) is 0 Å². The van der Waals surface area contributed by atoms with Crippen molar-refractivity contribution < 1.29 is 0 Å². The van der Waals surface area contributed by atoms with Crippen molar-refractivity contribution in [3.63, 3.8) is 0 Å². The van der Waals surface area contributed by atoms with Crippen molar-refractivity contribution in [2.24, 2.45) is 5.73 Å². The normalized spacial score (nSPS) is 10.0. The summed E-state index contributed by atoms with van der Waals surface area (Å²) in [6, 6.07) is 0. The average Bonchev–Trinajstić information content (AvgIpc) is 2.40. The van der Waals surface area contributed by atoms with Crippen LogP contribution in [0.1, 0.15) is 104 Å². The number of rotatable bonds is 12. The first kappa shape index (κ1) is 20.3. The summed E-state index contributed by atoms with van der Waals surface area (Å²) in [5.41, 5.74) is 5.37. The van der Waals surface area contributed by atoms with Gasteiger partial charge in [0, 0.05) is 0 Å². The Morgan fingerprint density at radius 2 is 0.722 bits per heavy atom. The van der Waals surface area contributed by atoms with E-state index in [-0.39, 0.29) is 0 Å². The van der Waals surface area contributed by atoms with Crippen LogP contribution in [0, 0.1) is 0 Å². The summed E-state index contributed by atoms with van der Waals surface area (Å²) < 4.78 is 0. The zero-order chi connectivity index (χ0) is 13.9. The first-order chi connectivity index (χ1) is 8.83. The van der Waals surface area contributed by atoms with Crippen molar-refractivity contribution in [3.05, 3.63) is 0 Å². The van der Waals surface area contributed by atoms with E-state index >= 15 is 0 Å². The van der Waals surface area contributed by atoms with Crippen LogP contribution in [0.25, 0.3) is 0 Å². The molecule has 0 fully saturated rings. The second-order valence-corrected chi connectivity index (χ2v) is 5.32. The van der Waals surface area contributed by atoms with Crippen molar-refractivity contribution in [2.45, 2.75) is 104 Å². The molecule has 112 valence electrons. The van der Waals surface area contributed by atoms with Gasteiger partial charge in [0.1, 0.15) is 0 Å². The fourth-order valence-corrected chi connectivity index (χ4v) is 1.95.